The van der Waals surface area contributed by atoms with Crippen molar-refractivity contribution in [1.82, 2.24) is 9.97 Å². The van der Waals surface area contributed by atoms with E-state index in [4.69, 9.17) is 0 Å². The Morgan fingerprint density at radius 1 is 1.33 bits per heavy atom. The first kappa shape index (κ1) is 8.85. The van der Waals surface area contributed by atoms with E-state index in [0.717, 1.165) is 19.5 Å². The van der Waals surface area contributed by atoms with Gasteiger partial charge in [-0.1, -0.05) is 0 Å². The molecule has 3 heterocycles. The molecule has 0 aromatic carbocycles. The van der Waals surface area contributed by atoms with E-state index in [-0.39, 0.29) is 0 Å². The van der Waals surface area contributed by atoms with E-state index in [0.29, 0.717) is 0 Å². The van der Waals surface area contributed by atoms with Crippen LogP contribution >= 0.6 is 11.3 Å². The number of pyridine rings is 1. The van der Waals surface area contributed by atoms with Gasteiger partial charge in [0.15, 0.2) is 5.51 Å². The normalized spacial score (nSPS) is 15.1. The van der Waals surface area contributed by atoms with Crippen LogP contribution in [-0.4, -0.2) is 16.5 Å². The van der Waals surface area contributed by atoms with Crippen LogP contribution in [0.2, 0.25) is 0 Å². The highest BCUT2D eigenvalue weighted by Gasteiger charge is 2.18. The van der Waals surface area contributed by atoms with Crippen molar-refractivity contribution in [3.8, 4) is 0 Å². The highest BCUT2D eigenvalue weighted by atomic mass is 32.1. The predicted octanol–water partition coefficient (Wildman–Crippen LogP) is 1.90. The van der Waals surface area contributed by atoms with Crippen molar-refractivity contribution in [2.45, 2.75) is 13.0 Å². The highest BCUT2D eigenvalue weighted by Crippen LogP contribution is 2.25. The molecule has 3 nitrogen and oxygen atoms in total. The van der Waals surface area contributed by atoms with Crippen molar-refractivity contribution in [1.29, 1.82) is 0 Å². The van der Waals surface area contributed by atoms with Gasteiger partial charge in [-0.25, -0.2) is 4.98 Å². The summed E-state index contributed by atoms with van der Waals surface area (Å²) in [6, 6.07) is 4.10. The number of anilines is 1. The van der Waals surface area contributed by atoms with Crippen LogP contribution in [0.4, 0.5) is 5.69 Å². The lowest BCUT2D eigenvalue weighted by atomic mass is 10.1. The van der Waals surface area contributed by atoms with Gasteiger partial charge in [-0.05, 0) is 12.1 Å². The first-order valence-corrected chi connectivity index (χ1v) is 5.75. The van der Waals surface area contributed by atoms with E-state index in [1.807, 2.05) is 12.4 Å². The number of hydrogen-bond acceptors (Lipinski definition) is 4. The summed E-state index contributed by atoms with van der Waals surface area (Å²) in [7, 11) is 0. The van der Waals surface area contributed by atoms with E-state index >= 15 is 0 Å². The number of nitrogens with zero attached hydrogens (tertiary/aromatic N) is 3. The van der Waals surface area contributed by atoms with Crippen LogP contribution in [0.3, 0.4) is 0 Å². The van der Waals surface area contributed by atoms with Gasteiger partial charge < -0.3 is 4.90 Å². The van der Waals surface area contributed by atoms with Crippen LogP contribution < -0.4 is 4.90 Å². The molecule has 75 valence electrons. The van der Waals surface area contributed by atoms with Gasteiger partial charge in [-0.15, -0.1) is 11.3 Å². The summed E-state index contributed by atoms with van der Waals surface area (Å²) in [6.45, 7) is 2.00. The molecule has 2 aromatic heterocycles. The van der Waals surface area contributed by atoms with Crippen LogP contribution in [-0.2, 0) is 13.0 Å². The number of aromatic nitrogens is 2. The maximum absolute atomic E-state index is 4.24. The fourth-order valence-corrected chi connectivity index (χ4v) is 2.59. The summed E-state index contributed by atoms with van der Waals surface area (Å²) >= 11 is 1.63. The second kappa shape index (κ2) is 3.62. The first-order valence-electron chi connectivity index (χ1n) is 4.93. The monoisotopic (exact) mass is 216 g/mol. The maximum Gasteiger partial charge on any atom is 0.152 e. The molecule has 0 unspecified atom stereocenters. The van der Waals surface area contributed by atoms with Crippen LogP contribution in [0.5, 0.6) is 0 Å². The van der Waals surface area contributed by atoms with Crippen molar-refractivity contribution in [2.75, 3.05) is 11.4 Å². The molecule has 2 aromatic rings. The molecule has 0 amide bonds. The van der Waals surface area contributed by atoms with Crippen molar-refractivity contribution in [3.63, 3.8) is 0 Å². The van der Waals surface area contributed by atoms with Gasteiger partial charge >= 0.3 is 0 Å². The Morgan fingerprint density at radius 2 is 2.20 bits per heavy atom. The van der Waals surface area contributed by atoms with E-state index in [1.165, 1.54) is 16.3 Å². The largest absolute Gasteiger partial charge is 0.366 e. The molecular weight excluding hydrogens is 206 g/mol. The molecule has 0 fully saturated rings. The SMILES string of the molecule is [c]1nc2c(s1)CN(c1ccncc1)CC2. The van der Waals surface area contributed by atoms with Crippen molar-refractivity contribution in [2.24, 2.45) is 0 Å². The minimum absolute atomic E-state index is 0.959. The minimum Gasteiger partial charge on any atom is -0.366 e. The molecule has 0 N–H and O–H groups in total. The van der Waals surface area contributed by atoms with Crippen molar-refractivity contribution >= 4 is 17.0 Å². The third kappa shape index (κ3) is 1.61. The topological polar surface area (TPSA) is 29.0 Å². The van der Waals surface area contributed by atoms with Crippen molar-refractivity contribution in [3.05, 3.63) is 40.6 Å². The summed E-state index contributed by atoms with van der Waals surface area (Å²) in [6.07, 6.45) is 4.70. The van der Waals surface area contributed by atoms with E-state index in [1.54, 1.807) is 11.3 Å². The summed E-state index contributed by atoms with van der Waals surface area (Å²) in [5, 5.41) is 0. The van der Waals surface area contributed by atoms with E-state index in [2.05, 4.69) is 32.5 Å². The van der Waals surface area contributed by atoms with E-state index in [9.17, 15) is 0 Å². The molecule has 0 spiro atoms. The average Bonchev–Trinajstić information content (AvgIpc) is 2.77. The second-order valence-corrected chi connectivity index (χ2v) is 4.43. The lowest BCUT2D eigenvalue weighted by Crippen LogP contribution is -2.29. The number of rotatable bonds is 1. The predicted molar refractivity (Wildman–Crippen MR) is 59.9 cm³/mol. The lowest BCUT2D eigenvalue weighted by molar-refractivity contribution is 0.728. The first-order chi connectivity index (χ1) is 7.43. The molecule has 1 aliphatic rings. The Balaban J connectivity index is 1.88. The molecule has 0 atom stereocenters. The average molecular weight is 216 g/mol. The Morgan fingerprint density at radius 3 is 3.07 bits per heavy atom. The standard InChI is InChI=1S/C11H10N3S/c1-4-12-5-2-9(1)14-6-3-10-11(7-14)15-8-13-10/h1-2,4-5H,3,6-7H2. The van der Waals surface area contributed by atoms with Gasteiger partial charge in [0.1, 0.15) is 0 Å². The Labute approximate surface area is 92.4 Å². The van der Waals surface area contributed by atoms with Gasteiger partial charge in [-0.2, -0.15) is 0 Å². The lowest BCUT2D eigenvalue weighted by Gasteiger charge is -2.27. The smallest absolute Gasteiger partial charge is 0.152 e. The Kier molecular flexibility index (Phi) is 2.14. The molecule has 0 saturated carbocycles. The molecule has 1 aliphatic heterocycles. The van der Waals surface area contributed by atoms with Crippen LogP contribution in [0, 0.1) is 5.51 Å². The van der Waals surface area contributed by atoms with Gasteiger partial charge in [0.2, 0.25) is 0 Å². The molecule has 0 bridgehead atoms. The zero-order valence-electron chi connectivity index (χ0n) is 8.18. The molecule has 1 radical (unpaired) electrons. The van der Waals surface area contributed by atoms with Crippen LogP contribution in [0.15, 0.2) is 24.5 Å². The fourth-order valence-electron chi connectivity index (χ4n) is 1.84. The minimum atomic E-state index is 0.959. The molecular formula is C11H10N3S. The molecule has 0 aliphatic carbocycles. The third-order valence-electron chi connectivity index (χ3n) is 2.65. The summed E-state index contributed by atoms with van der Waals surface area (Å²) in [5.74, 6) is 0. The Hall–Kier alpha value is -1.42. The van der Waals surface area contributed by atoms with Gasteiger partial charge in [0.25, 0.3) is 0 Å². The zero-order valence-corrected chi connectivity index (χ0v) is 9.00. The van der Waals surface area contributed by atoms with E-state index < -0.39 is 0 Å². The molecule has 4 heteroatoms. The van der Waals surface area contributed by atoms with Crippen molar-refractivity contribution < 1.29 is 0 Å². The fraction of sp³-hybridized carbons (Fsp3) is 0.273. The third-order valence-corrected chi connectivity index (χ3v) is 3.45. The second-order valence-electron chi connectivity index (χ2n) is 3.55. The Bertz CT molecular complexity index is 452. The number of thiazole rings is 1. The molecule has 15 heavy (non-hydrogen) atoms. The van der Waals surface area contributed by atoms with Gasteiger partial charge in [0, 0.05) is 35.9 Å². The summed E-state index contributed by atoms with van der Waals surface area (Å²) < 4.78 is 0. The number of hydrogen-bond donors (Lipinski definition) is 0. The molecule has 3 rings (SSSR count). The number of fused-ring (bicyclic) bond motifs is 1. The zero-order chi connectivity index (χ0) is 10.1. The van der Waals surface area contributed by atoms with Gasteiger partial charge in [-0.3, -0.25) is 4.98 Å². The van der Waals surface area contributed by atoms with Gasteiger partial charge in [0.05, 0.1) is 12.2 Å². The molecule has 0 saturated heterocycles. The summed E-state index contributed by atoms with van der Waals surface area (Å²) in [4.78, 5) is 12.0. The quantitative estimate of drug-likeness (QED) is 0.729. The van der Waals surface area contributed by atoms with Crippen LogP contribution in [0.25, 0.3) is 0 Å². The van der Waals surface area contributed by atoms with Crippen LogP contribution in [0.1, 0.15) is 10.6 Å². The summed E-state index contributed by atoms with van der Waals surface area (Å²) in [5.41, 5.74) is 5.43. The maximum atomic E-state index is 4.24. The highest BCUT2D eigenvalue weighted by molar-refractivity contribution is 7.09.